The van der Waals surface area contributed by atoms with Crippen molar-refractivity contribution >= 4 is 47.3 Å². The number of rotatable bonds is 11. The van der Waals surface area contributed by atoms with E-state index in [0.717, 1.165) is 74.7 Å². The Balaban J connectivity index is 0.929. The van der Waals surface area contributed by atoms with Crippen molar-refractivity contribution in [2.75, 3.05) is 31.5 Å². The number of carbonyl (C=O) groups is 5. The molecule has 5 heterocycles. The van der Waals surface area contributed by atoms with Crippen molar-refractivity contribution < 1.29 is 37.1 Å². The van der Waals surface area contributed by atoms with Crippen LogP contribution >= 0.6 is 11.9 Å². The molecule has 18 heteroatoms. The van der Waals surface area contributed by atoms with Crippen LogP contribution in [-0.4, -0.2) is 108 Å². The maximum Gasteiger partial charge on any atom is 0.419 e. The molecule has 0 aromatic carbocycles. The first-order valence-electron chi connectivity index (χ1n) is 19.4. The van der Waals surface area contributed by atoms with E-state index in [-0.39, 0.29) is 53.7 Å². The normalized spacial score (nSPS) is 26.0. The van der Waals surface area contributed by atoms with Gasteiger partial charge in [0.2, 0.25) is 17.7 Å². The Kier molecular flexibility index (Phi) is 12.6. The third kappa shape index (κ3) is 9.42. The lowest BCUT2D eigenvalue weighted by molar-refractivity contribution is -0.138. The summed E-state index contributed by atoms with van der Waals surface area (Å²) in [6.07, 6.45) is 3.72. The number of nitrogens with one attached hydrogen (secondary N) is 2. The predicted octanol–water partition coefficient (Wildman–Crippen LogP) is 5.31. The van der Waals surface area contributed by atoms with Gasteiger partial charge in [0.15, 0.2) is 5.69 Å². The van der Waals surface area contributed by atoms with Gasteiger partial charge in [0, 0.05) is 60.7 Å². The van der Waals surface area contributed by atoms with Crippen LogP contribution in [0.1, 0.15) is 102 Å². The average Bonchev–Trinajstić information content (AvgIpc) is 3.32. The van der Waals surface area contributed by atoms with Crippen LogP contribution in [0.25, 0.3) is 0 Å². The van der Waals surface area contributed by atoms with E-state index in [4.69, 9.17) is 5.26 Å². The number of hydrogen-bond donors (Lipinski definition) is 2. The van der Waals surface area contributed by atoms with Crippen LogP contribution in [0.2, 0.25) is 0 Å². The number of carbonyl (C=O) groups excluding carboxylic acids is 5. The molecule has 6 rings (SSSR count). The van der Waals surface area contributed by atoms with E-state index in [1.807, 2.05) is 0 Å². The molecule has 57 heavy (non-hydrogen) atoms. The molecule has 0 bridgehead atoms. The van der Waals surface area contributed by atoms with Gasteiger partial charge in [0.1, 0.15) is 11.6 Å². The first-order chi connectivity index (χ1) is 27.0. The summed E-state index contributed by atoms with van der Waals surface area (Å²) < 4.78 is 41.5. The van der Waals surface area contributed by atoms with Crippen LogP contribution in [0.5, 0.6) is 0 Å². The number of pyridine rings is 2. The summed E-state index contributed by atoms with van der Waals surface area (Å²) in [4.78, 5) is 77.8. The van der Waals surface area contributed by atoms with E-state index in [2.05, 4.69) is 44.2 Å². The fourth-order valence-electron chi connectivity index (χ4n) is 8.66. The summed E-state index contributed by atoms with van der Waals surface area (Å²) in [5.74, 6) is -1.31. The number of nitriles is 1. The van der Waals surface area contributed by atoms with E-state index in [9.17, 15) is 37.1 Å². The lowest BCUT2D eigenvalue weighted by Gasteiger charge is -2.44. The van der Waals surface area contributed by atoms with E-state index in [1.54, 1.807) is 30.9 Å². The van der Waals surface area contributed by atoms with E-state index < -0.39 is 40.8 Å². The molecule has 2 aromatic heterocycles. The minimum atomic E-state index is -4.82. The number of aromatic nitrogens is 2. The van der Waals surface area contributed by atoms with Crippen LogP contribution in [0.4, 0.5) is 23.7 Å². The second kappa shape index (κ2) is 17.1. The number of piperidine rings is 1. The fourth-order valence-corrected chi connectivity index (χ4v) is 9.61. The SMILES string of the molecule is C[C@@H]1CN(CCCC2CCC(N3C(=O)N(Sc4cnc(C#N)c(C(F)(F)F)c4)C(=O)C3(C)C)CC2)C[C@H](C)N1CC(=O)Nc1ccc(C2CCC(=O)NC2=O)nc1. The molecule has 3 aliphatic heterocycles. The predicted molar refractivity (Wildman–Crippen MR) is 203 cm³/mol. The number of nitrogens with zero attached hydrogens (tertiary/aromatic N) is 7. The first kappa shape index (κ1) is 42.0. The number of alkyl halides is 3. The topological polar surface area (TPSA) is 172 Å². The van der Waals surface area contributed by atoms with Crippen LogP contribution < -0.4 is 10.6 Å². The smallest absolute Gasteiger partial charge is 0.324 e. The molecule has 2 N–H and O–H groups in total. The van der Waals surface area contributed by atoms with Crippen molar-refractivity contribution in [2.45, 2.75) is 120 Å². The number of anilines is 1. The van der Waals surface area contributed by atoms with Crippen molar-refractivity contribution in [3.05, 3.63) is 47.5 Å². The number of hydrogen-bond acceptors (Lipinski definition) is 11. The molecule has 4 fully saturated rings. The average molecular weight is 812 g/mol. The van der Waals surface area contributed by atoms with Gasteiger partial charge in [0.05, 0.1) is 35.6 Å². The number of piperazine rings is 1. The minimum absolute atomic E-state index is 0.0643. The summed E-state index contributed by atoms with van der Waals surface area (Å²) in [5.41, 5.74) is -2.07. The highest BCUT2D eigenvalue weighted by atomic mass is 32.2. The van der Waals surface area contributed by atoms with Crippen molar-refractivity contribution in [3.8, 4) is 6.07 Å². The Hall–Kier alpha value is -4.60. The zero-order chi connectivity index (χ0) is 41.2. The van der Waals surface area contributed by atoms with Gasteiger partial charge >= 0.3 is 12.2 Å². The molecule has 1 unspecified atom stereocenters. The van der Waals surface area contributed by atoms with Crippen molar-refractivity contribution in [1.82, 2.24) is 34.3 Å². The van der Waals surface area contributed by atoms with Crippen LogP contribution in [0.3, 0.4) is 0 Å². The highest BCUT2D eigenvalue weighted by Crippen LogP contribution is 2.42. The van der Waals surface area contributed by atoms with Crippen LogP contribution in [-0.2, 0) is 25.4 Å². The highest BCUT2D eigenvalue weighted by molar-refractivity contribution is 7.98. The number of imide groups is 2. The first-order valence-corrected chi connectivity index (χ1v) is 20.1. The lowest BCUT2D eigenvalue weighted by Crippen LogP contribution is -2.58. The summed E-state index contributed by atoms with van der Waals surface area (Å²) in [6, 6.07) is 5.18. The van der Waals surface area contributed by atoms with Crippen molar-refractivity contribution in [2.24, 2.45) is 5.92 Å². The molecule has 4 aliphatic rings. The van der Waals surface area contributed by atoms with Gasteiger partial charge < -0.3 is 15.1 Å². The molecule has 3 atom stereocenters. The Labute approximate surface area is 334 Å². The van der Waals surface area contributed by atoms with Gasteiger partial charge in [0.25, 0.3) is 5.91 Å². The molecule has 0 spiro atoms. The number of amides is 6. The Morgan fingerprint density at radius 2 is 1.74 bits per heavy atom. The highest BCUT2D eigenvalue weighted by Gasteiger charge is 2.54. The Morgan fingerprint density at radius 1 is 1.04 bits per heavy atom. The zero-order valence-electron chi connectivity index (χ0n) is 32.5. The quantitative estimate of drug-likeness (QED) is 0.171. The number of urea groups is 1. The third-order valence-corrected chi connectivity index (χ3v) is 12.5. The summed E-state index contributed by atoms with van der Waals surface area (Å²) in [6.45, 7) is 10.4. The maximum absolute atomic E-state index is 13.6. The largest absolute Gasteiger partial charge is 0.419 e. The molecule has 306 valence electrons. The molecule has 1 aliphatic carbocycles. The van der Waals surface area contributed by atoms with E-state index in [1.165, 1.54) is 12.3 Å². The molecule has 3 saturated heterocycles. The molecule has 2 aromatic rings. The van der Waals surface area contributed by atoms with Crippen LogP contribution in [0.15, 0.2) is 35.5 Å². The van der Waals surface area contributed by atoms with Gasteiger partial charge in [-0.3, -0.25) is 34.4 Å². The second-order valence-electron chi connectivity index (χ2n) is 16.0. The Bertz CT molecular complexity index is 1900. The molecular formula is C39H48F3N9O5S. The van der Waals surface area contributed by atoms with E-state index in [0.29, 0.717) is 35.7 Å². The lowest BCUT2D eigenvalue weighted by atomic mass is 9.81. The van der Waals surface area contributed by atoms with Gasteiger partial charge in [-0.1, -0.05) is 0 Å². The molecule has 6 amide bonds. The second-order valence-corrected chi connectivity index (χ2v) is 17.1. The Morgan fingerprint density at radius 3 is 2.35 bits per heavy atom. The molecular weight excluding hydrogens is 764 g/mol. The standard InChI is InChI=1S/C39H48F3N9O5S/c1-23-20-48(21-24(2)49(23)22-34(53)46-26-9-13-31(44-18-26)29-12-14-33(52)47-35(29)54)15-5-6-25-7-10-27(11-8-25)50-37(56)51(36(55)38(50,3)4)57-28-16-30(39(40,41)42)32(17-43)45-19-28/h9,13,16,18-19,23-25,27,29H,5-8,10-12,14-15,20-22H2,1-4H3,(H,46,53)(H,47,52,54)/t23-,24+,25?,27?,29?. The van der Waals surface area contributed by atoms with Gasteiger partial charge in [-0.25, -0.2) is 9.78 Å². The van der Waals surface area contributed by atoms with Gasteiger partial charge in [-0.05, 0) is 103 Å². The van der Waals surface area contributed by atoms with Crippen molar-refractivity contribution in [1.29, 1.82) is 5.26 Å². The van der Waals surface area contributed by atoms with E-state index >= 15 is 0 Å². The third-order valence-electron chi connectivity index (χ3n) is 11.6. The van der Waals surface area contributed by atoms with Gasteiger partial charge in [-0.15, -0.1) is 0 Å². The zero-order valence-corrected chi connectivity index (χ0v) is 33.3. The summed E-state index contributed by atoms with van der Waals surface area (Å²) in [7, 11) is 0. The summed E-state index contributed by atoms with van der Waals surface area (Å²) in [5, 5.41) is 14.3. The molecule has 14 nitrogen and oxygen atoms in total. The maximum atomic E-state index is 13.6. The van der Waals surface area contributed by atoms with Crippen molar-refractivity contribution in [3.63, 3.8) is 0 Å². The summed E-state index contributed by atoms with van der Waals surface area (Å²) >= 11 is 0.593. The van der Waals surface area contributed by atoms with Crippen LogP contribution in [0, 0.1) is 17.2 Å². The molecule has 1 saturated carbocycles. The molecule has 0 radical (unpaired) electrons. The fraction of sp³-hybridized carbons (Fsp3) is 0.590. The van der Waals surface area contributed by atoms with Gasteiger partial charge in [-0.2, -0.15) is 22.7 Å². The minimum Gasteiger partial charge on any atom is -0.324 e. The number of halogens is 3. The monoisotopic (exact) mass is 811 g/mol.